The van der Waals surface area contributed by atoms with Crippen LogP contribution in [0, 0.1) is 0 Å². The highest BCUT2D eigenvalue weighted by Gasteiger charge is 2.34. The molecule has 0 aliphatic carbocycles. The SMILES string of the molecule is COC(=O)c1sc2ccccc2c1S(=O)(=O)N1CCOCC1. The lowest BCUT2D eigenvalue weighted by molar-refractivity contribution is 0.0601. The first-order valence-corrected chi connectivity index (χ1v) is 8.99. The normalized spacial score (nSPS) is 16.8. The number of nitrogens with zero attached hydrogens (tertiary/aromatic N) is 1. The predicted octanol–water partition coefficient (Wildman–Crippen LogP) is 1.71. The Morgan fingerprint density at radius 3 is 2.64 bits per heavy atom. The second-order valence-corrected chi connectivity index (χ2v) is 7.69. The molecule has 3 rings (SSSR count). The van der Waals surface area contributed by atoms with Crippen molar-refractivity contribution in [1.82, 2.24) is 4.31 Å². The van der Waals surface area contributed by atoms with Gasteiger partial charge in [-0.2, -0.15) is 4.31 Å². The van der Waals surface area contributed by atoms with E-state index in [4.69, 9.17) is 9.47 Å². The predicted molar refractivity (Wildman–Crippen MR) is 82.7 cm³/mol. The molecule has 2 heterocycles. The van der Waals surface area contributed by atoms with E-state index in [0.717, 1.165) is 16.0 Å². The van der Waals surface area contributed by atoms with Crippen LogP contribution >= 0.6 is 11.3 Å². The Balaban J connectivity index is 2.21. The minimum atomic E-state index is -3.77. The van der Waals surface area contributed by atoms with Gasteiger partial charge < -0.3 is 9.47 Å². The first-order chi connectivity index (χ1) is 10.6. The van der Waals surface area contributed by atoms with Gasteiger partial charge in [0.25, 0.3) is 0 Å². The van der Waals surface area contributed by atoms with Crippen LogP contribution in [0.1, 0.15) is 9.67 Å². The summed E-state index contributed by atoms with van der Waals surface area (Å²) in [4.78, 5) is 12.2. The van der Waals surface area contributed by atoms with E-state index in [1.54, 1.807) is 18.2 Å². The van der Waals surface area contributed by atoms with Crippen molar-refractivity contribution in [2.45, 2.75) is 4.90 Å². The van der Waals surface area contributed by atoms with E-state index >= 15 is 0 Å². The highest BCUT2D eigenvalue weighted by atomic mass is 32.2. The maximum absolute atomic E-state index is 13.0. The minimum absolute atomic E-state index is 0.0434. The highest BCUT2D eigenvalue weighted by molar-refractivity contribution is 7.89. The lowest BCUT2D eigenvalue weighted by Gasteiger charge is -2.26. The van der Waals surface area contributed by atoms with Gasteiger partial charge in [-0.1, -0.05) is 18.2 Å². The number of thiophene rings is 1. The van der Waals surface area contributed by atoms with Crippen molar-refractivity contribution in [3.8, 4) is 0 Å². The number of carbonyl (C=O) groups is 1. The number of esters is 1. The zero-order chi connectivity index (χ0) is 15.7. The smallest absolute Gasteiger partial charge is 0.349 e. The van der Waals surface area contributed by atoms with Crippen LogP contribution in [0.15, 0.2) is 29.2 Å². The fourth-order valence-corrected chi connectivity index (χ4v) is 5.60. The molecule has 22 heavy (non-hydrogen) atoms. The summed E-state index contributed by atoms with van der Waals surface area (Å²) in [5.41, 5.74) is 0. The molecule has 0 N–H and O–H groups in total. The molecular formula is C14H15NO5S2. The van der Waals surface area contributed by atoms with Crippen LogP contribution in [0.2, 0.25) is 0 Å². The summed E-state index contributed by atoms with van der Waals surface area (Å²) in [6, 6.07) is 7.08. The molecule has 1 aliphatic heterocycles. The van der Waals surface area contributed by atoms with E-state index < -0.39 is 16.0 Å². The van der Waals surface area contributed by atoms with Gasteiger partial charge in [0.15, 0.2) is 0 Å². The molecule has 118 valence electrons. The Labute approximate surface area is 132 Å². The van der Waals surface area contributed by atoms with Crippen molar-refractivity contribution in [2.75, 3.05) is 33.4 Å². The number of fused-ring (bicyclic) bond motifs is 1. The van der Waals surface area contributed by atoms with Crippen LogP contribution in [0.3, 0.4) is 0 Å². The van der Waals surface area contributed by atoms with E-state index in [2.05, 4.69) is 0 Å². The Morgan fingerprint density at radius 2 is 1.95 bits per heavy atom. The van der Waals surface area contributed by atoms with Gasteiger partial charge >= 0.3 is 5.97 Å². The van der Waals surface area contributed by atoms with Gasteiger partial charge in [0.1, 0.15) is 9.77 Å². The molecule has 0 saturated carbocycles. The summed E-state index contributed by atoms with van der Waals surface area (Å²) in [5, 5.41) is 0.555. The molecule has 8 heteroatoms. The molecule has 6 nitrogen and oxygen atoms in total. The first-order valence-electron chi connectivity index (χ1n) is 6.73. The second-order valence-electron chi connectivity index (χ2n) is 4.76. The molecule has 0 radical (unpaired) electrons. The average molecular weight is 341 g/mol. The lowest BCUT2D eigenvalue weighted by atomic mass is 10.2. The molecular weight excluding hydrogens is 326 g/mol. The summed E-state index contributed by atoms with van der Waals surface area (Å²) < 4.78 is 38.0. The Morgan fingerprint density at radius 1 is 1.27 bits per heavy atom. The van der Waals surface area contributed by atoms with Crippen LogP contribution in [0.4, 0.5) is 0 Å². The second kappa shape index (κ2) is 5.96. The molecule has 0 unspecified atom stereocenters. The van der Waals surface area contributed by atoms with Gasteiger partial charge in [0.2, 0.25) is 10.0 Å². The number of morpholine rings is 1. The van der Waals surface area contributed by atoms with Crippen molar-refractivity contribution in [2.24, 2.45) is 0 Å². The third-order valence-corrected chi connectivity index (χ3v) is 6.75. The third kappa shape index (κ3) is 2.52. The summed E-state index contributed by atoms with van der Waals surface area (Å²) in [6.45, 7) is 1.28. The minimum Gasteiger partial charge on any atom is -0.465 e. The molecule has 1 aromatic heterocycles. The molecule has 1 aromatic carbocycles. The number of ether oxygens (including phenoxy) is 2. The van der Waals surface area contributed by atoms with E-state index in [1.165, 1.54) is 11.4 Å². The number of carbonyl (C=O) groups excluding carboxylic acids is 1. The zero-order valence-electron chi connectivity index (χ0n) is 11.9. The van der Waals surface area contributed by atoms with Crippen molar-refractivity contribution < 1.29 is 22.7 Å². The molecule has 1 saturated heterocycles. The topological polar surface area (TPSA) is 72.9 Å². The van der Waals surface area contributed by atoms with Crippen LogP contribution in [-0.2, 0) is 19.5 Å². The van der Waals surface area contributed by atoms with Crippen molar-refractivity contribution in [3.63, 3.8) is 0 Å². The molecule has 0 bridgehead atoms. The Bertz CT molecular complexity index is 806. The molecule has 0 amide bonds. The van der Waals surface area contributed by atoms with E-state index in [0.29, 0.717) is 18.6 Å². The largest absolute Gasteiger partial charge is 0.465 e. The number of hydrogen-bond donors (Lipinski definition) is 0. The quantitative estimate of drug-likeness (QED) is 0.795. The van der Waals surface area contributed by atoms with E-state index in [9.17, 15) is 13.2 Å². The van der Waals surface area contributed by atoms with Crippen LogP contribution in [0.25, 0.3) is 10.1 Å². The van der Waals surface area contributed by atoms with Gasteiger partial charge in [-0.25, -0.2) is 13.2 Å². The Kier molecular flexibility index (Phi) is 4.18. The van der Waals surface area contributed by atoms with Gasteiger partial charge in [-0.05, 0) is 6.07 Å². The maximum Gasteiger partial charge on any atom is 0.349 e. The van der Waals surface area contributed by atoms with Gasteiger partial charge in [-0.15, -0.1) is 11.3 Å². The number of methoxy groups -OCH3 is 1. The molecule has 1 aliphatic rings. The first kappa shape index (κ1) is 15.4. The number of rotatable bonds is 3. The van der Waals surface area contributed by atoms with Crippen molar-refractivity contribution in [3.05, 3.63) is 29.1 Å². The molecule has 0 atom stereocenters. The van der Waals surface area contributed by atoms with E-state index in [-0.39, 0.29) is 22.9 Å². The summed E-state index contributed by atoms with van der Waals surface area (Å²) in [5.74, 6) is -0.631. The highest BCUT2D eigenvalue weighted by Crippen LogP contribution is 2.36. The summed E-state index contributed by atoms with van der Waals surface area (Å²) in [7, 11) is -2.52. The molecule has 2 aromatic rings. The van der Waals surface area contributed by atoms with Crippen LogP contribution < -0.4 is 0 Å². The standard InChI is InChI=1S/C14H15NO5S2/c1-19-14(16)12-13(10-4-2-3-5-11(10)21-12)22(17,18)15-6-8-20-9-7-15/h2-5H,6-9H2,1H3. The van der Waals surface area contributed by atoms with Crippen LogP contribution in [-0.4, -0.2) is 52.1 Å². The molecule has 0 spiro atoms. The zero-order valence-corrected chi connectivity index (χ0v) is 13.6. The number of hydrogen-bond acceptors (Lipinski definition) is 6. The average Bonchev–Trinajstić information content (AvgIpc) is 2.95. The maximum atomic E-state index is 13.0. The summed E-state index contributed by atoms with van der Waals surface area (Å²) >= 11 is 1.14. The number of sulfonamides is 1. The third-order valence-electron chi connectivity index (χ3n) is 3.49. The van der Waals surface area contributed by atoms with Gasteiger partial charge in [0, 0.05) is 23.2 Å². The fourth-order valence-electron chi connectivity index (χ4n) is 2.42. The number of benzene rings is 1. The lowest BCUT2D eigenvalue weighted by Crippen LogP contribution is -2.41. The van der Waals surface area contributed by atoms with Gasteiger partial charge in [-0.3, -0.25) is 0 Å². The molecule has 1 fully saturated rings. The summed E-state index contributed by atoms with van der Waals surface area (Å²) in [6.07, 6.45) is 0. The Hall–Kier alpha value is -1.48. The van der Waals surface area contributed by atoms with E-state index in [1.807, 2.05) is 6.07 Å². The van der Waals surface area contributed by atoms with Crippen molar-refractivity contribution in [1.29, 1.82) is 0 Å². The van der Waals surface area contributed by atoms with Gasteiger partial charge in [0.05, 0.1) is 20.3 Å². The monoisotopic (exact) mass is 341 g/mol. The van der Waals surface area contributed by atoms with Crippen molar-refractivity contribution >= 4 is 37.4 Å². The van der Waals surface area contributed by atoms with Crippen LogP contribution in [0.5, 0.6) is 0 Å². The fraction of sp³-hybridized carbons (Fsp3) is 0.357.